The monoisotopic (exact) mass is 458 g/mol. The number of esters is 1. The third kappa shape index (κ3) is 5.01. The molecule has 9 nitrogen and oxygen atoms in total. The van der Waals surface area contributed by atoms with E-state index in [0.29, 0.717) is 26.1 Å². The van der Waals surface area contributed by atoms with Crippen LogP contribution in [0, 0.1) is 0 Å². The van der Waals surface area contributed by atoms with Crippen molar-refractivity contribution in [1.82, 2.24) is 9.21 Å². The van der Waals surface area contributed by atoms with Gasteiger partial charge in [0.15, 0.2) is 16.4 Å². The maximum Gasteiger partial charge on any atom is 0.338 e. The highest BCUT2D eigenvalue weighted by molar-refractivity contribution is 7.91. The lowest BCUT2D eigenvalue weighted by Gasteiger charge is -2.26. The van der Waals surface area contributed by atoms with Gasteiger partial charge in [0.1, 0.15) is 0 Å². The van der Waals surface area contributed by atoms with Crippen molar-refractivity contribution in [2.45, 2.75) is 37.1 Å². The first-order valence-electron chi connectivity index (χ1n) is 9.91. The van der Waals surface area contributed by atoms with Gasteiger partial charge in [-0.1, -0.05) is 0 Å². The molecule has 0 radical (unpaired) electrons. The van der Waals surface area contributed by atoms with E-state index >= 15 is 0 Å². The Bertz CT molecular complexity index is 998. The second-order valence-corrected chi connectivity index (χ2v) is 11.6. The maximum atomic E-state index is 12.5. The Morgan fingerprint density at radius 3 is 2.33 bits per heavy atom. The molecule has 1 unspecified atom stereocenters. The molecule has 0 aromatic heterocycles. The zero-order valence-corrected chi connectivity index (χ0v) is 18.5. The zero-order chi connectivity index (χ0) is 21.9. The van der Waals surface area contributed by atoms with E-state index in [-0.39, 0.29) is 22.0 Å². The molecule has 11 heteroatoms. The van der Waals surface area contributed by atoms with E-state index in [1.165, 1.54) is 33.5 Å². The molecule has 1 aromatic rings. The van der Waals surface area contributed by atoms with Gasteiger partial charge in [-0.2, -0.15) is 4.31 Å². The van der Waals surface area contributed by atoms with Crippen LogP contribution in [-0.2, 0) is 29.4 Å². The molecule has 0 aliphatic carbocycles. The van der Waals surface area contributed by atoms with E-state index in [4.69, 9.17) is 4.74 Å². The summed E-state index contributed by atoms with van der Waals surface area (Å²) in [6.07, 6.45) is 2.04. The zero-order valence-electron chi connectivity index (χ0n) is 16.8. The normalized spacial score (nSPS) is 21.4. The molecular formula is C19H26N2O7S2. The number of rotatable bonds is 7. The largest absolute Gasteiger partial charge is 0.452 e. The van der Waals surface area contributed by atoms with Crippen LogP contribution in [0.2, 0.25) is 0 Å². The van der Waals surface area contributed by atoms with Crippen molar-refractivity contribution in [3.8, 4) is 0 Å². The smallest absolute Gasteiger partial charge is 0.338 e. The Labute approximate surface area is 177 Å². The van der Waals surface area contributed by atoms with Gasteiger partial charge in [0.05, 0.1) is 22.0 Å². The minimum absolute atomic E-state index is 0.0495. The van der Waals surface area contributed by atoms with Crippen LogP contribution in [0.5, 0.6) is 0 Å². The second-order valence-electron chi connectivity index (χ2n) is 7.45. The van der Waals surface area contributed by atoms with Crippen LogP contribution in [-0.4, -0.2) is 81.7 Å². The highest BCUT2D eigenvalue weighted by atomic mass is 32.2. The van der Waals surface area contributed by atoms with Crippen molar-refractivity contribution >= 4 is 31.7 Å². The molecular weight excluding hydrogens is 432 g/mol. The third-order valence-electron chi connectivity index (χ3n) is 5.43. The number of ether oxygens (including phenoxy) is 1. The average molecular weight is 459 g/mol. The molecule has 2 saturated heterocycles. The van der Waals surface area contributed by atoms with Crippen LogP contribution in [0.15, 0.2) is 29.2 Å². The number of benzene rings is 1. The van der Waals surface area contributed by atoms with Crippen LogP contribution in [0.25, 0.3) is 0 Å². The Morgan fingerprint density at radius 2 is 1.80 bits per heavy atom. The average Bonchev–Trinajstić information content (AvgIpc) is 3.37. The Morgan fingerprint density at radius 1 is 1.17 bits per heavy atom. The van der Waals surface area contributed by atoms with E-state index in [1.807, 2.05) is 0 Å². The first-order chi connectivity index (χ1) is 14.1. The number of nitrogens with zero attached hydrogens (tertiary/aromatic N) is 2. The minimum Gasteiger partial charge on any atom is -0.452 e. The predicted octanol–water partition coefficient (Wildman–Crippen LogP) is 0.664. The summed E-state index contributed by atoms with van der Waals surface area (Å²) < 4.78 is 54.8. The Balaban J connectivity index is 1.58. The molecule has 3 rings (SSSR count). The second kappa shape index (κ2) is 9.03. The molecule has 1 amide bonds. The molecule has 166 valence electrons. The van der Waals surface area contributed by atoms with E-state index in [1.54, 1.807) is 6.92 Å². The molecule has 1 atom stereocenters. The van der Waals surface area contributed by atoms with Crippen molar-refractivity contribution in [2.24, 2.45) is 0 Å². The molecule has 2 heterocycles. The number of hydrogen-bond acceptors (Lipinski definition) is 7. The van der Waals surface area contributed by atoms with Crippen molar-refractivity contribution < 1.29 is 31.2 Å². The number of carbonyl (C=O) groups excluding carboxylic acids is 2. The topological polar surface area (TPSA) is 118 Å². The number of likely N-dealkylation sites (N-methyl/N-ethyl adjacent to an activating group) is 1. The number of carbonyl (C=O) groups is 2. The van der Waals surface area contributed by atoms with Crippen LogP contribution in [0.4, 0.5) is 0 Å². The molecule has 1 aromatic carbocycles. The quantitative estimate of drug-likeness (QED) is 0.551. The standard InChI is InChI=1S/C19H26N2O7S2/c1-2-21(16-9-12-29(24,25)14-16)18(22)13-28-19(23)15-5-7-17(8-6-15)30(26,27)20-10-3-4-11-20/h5-8,16H,2-4,9-14H2,1H3. The Kier molecular flexibility index (Phi) is 6.83. The lowest BCUT2D eigenvalue weighted by molar-refractivity contribution is -0.136. The number of hydrogen-bond donors (Lipinski definition) is 0. The lowest BCUT2D eigenvalue weighted by Crippen LogP contribution is -2.43. The van der Waals surface area contributed by atoms with Gasteiger partial charge in [-0.25, -0.2) is 21.6 Å². The number of sulfonamides is 1. The van der Waals surface area contributed by atoms with Crippen molar-refractivity contribution in [3.05, 3.63) is 29.8 Å². The molecule has 2 fully saturated rings. The van der Waals surface area contributed by atoms with Gasteiger partial charge in [-0.05, 0) is 50.5 Å². The van der Waals surface area contributed by atoms with Gasteiger partial charge in [0.25, 0.3) is 5.91 Å². The van der Waals surface area contributed by atoms with E-state index in [2.05, 4.69) is 0 Å². The summed E-state index contributed by atoms with van der Waals surface area (Å²) in [7, 11) is -6.70. The first kappa shape index (κ1) is 22.7. The predicted molar refractivity (Wildman–Crippen MR) is 109 cm³/mol. The SMILES string of the molecule is CCN(C(=O)COC(=O)c1ccc(S(=O)(=O)N2CCCC2)cc1)C1CCS(=O)(=O)C1. The number of sulfone groups is 1. The molecule has 2 aliphatic rings. The summed E-state index contributed by atoms with van der Waals surface area (Å²) in [6.45, 7) is 2.54. The Hall–Kier alpha value is -1.98. The van der Waals surface area contributed by atoms with Crippen LogP contribution in [0.1, 0.15) is 36.5 Å². The highest BCUT2D eigenvalue weighted by Gasteiger charge is 2.34. The molecule has 2 aliphatic heterocycles. The fourth-order valence-electron chi connectivity index (χ4n) is 3.79. The van der Waals surface area contributed by atoms with E-state index in [0.717, 1.165) is 12.8 Å². The van der Waals surface area contributed by atoms with Gasteiger partial charge >= 0.3 is 5.97 Å². The van der Waals surface area contributed by atoms with Crippen molar-refractivity contribution in [1.29, 1.82) is 0 Å². The van der Waals surface area contributed by atoms with Gasteiger partial charge in [-0.15, -0.1) is 0 Å². The summed E-state index contributed by atoms with van der Waals surface area (Å²) in [4.78, 5) is 26.2. The van der Waals surface area contributed by atoms with Gasteiger partial charge in [0, 0.05) is 25.7 Å². The number of amides is 1. The molecule has 0 spiro atoms. The van der Waals surface area contributed by atoms with Crippen molar-refractivity contribution in [3.63, 3.8) is 0 Å². The summed E-state index contributed by atoms with van der Waals surface area (Å²) in [5.41, 5.74) is 0.134. The molecule has 0 saturated carbocycles. The van der Waals surface area contributed by atoms with E-state index in [9.17, 15) is 26.4 Å². The van der Waals surface area contributed by atoms with Crippen LogP contribution in [0.3, 0.4) is 0 Å². The summed E-state index contributed by atoms with van der Waals surface area (Å²) in [6, 6.07) is 5.02. The molecule has 0 N–H and O–H groups in total. The summed E-state index contributed by atoms with van der Waals surface area (Å²) in [5.74, 6) is -1.23. The molecule has 0 bridgehead atoms. The fourth-order valence-corrected chi connectivity index (χ4v) is 7.04. The van der Waals surface area contributed by atoms with Crippen LogP contribution >= 0.6 is 0 Å². The first-order valence-corrected chi connectivity index (χ1v) is 13.2. The van der Waals surface area contributed by atoms with Gasteiger partial charge in [0.2, 0.25) is 10.0 Å². The van der Waals surface area contributed by atoms with Crippen LogP contribution < -0.4 is 0 Å². The fraction of sp³-hybridized carbons (Fsp3) is 0.579. The lowest BCUT2D eigenvalue weighted by atomic mass is 10.2. The summed E-state index contributed by atoms with van der Waals surface area (Å²) in [5, 5.41) is 0. The van der Waals surface area contributed by atoms with E-state index < -0.39 is 44.4 Å². The van der Waals surface area contributed by atoms with Gasteiger partial charge in [-0.3, -0.25) is 4.79 Å². The van der Waals surface area contributed by atoms with Crippen molar-refractivity contribution in [2.75, 3.05) is 37.7 Å². The summed E-state index contributed by atoms with van der Waals surface area (Å²) >= 11 is 0. The third-order valence-corrected chi connectivity index (χ3v) is 9.09. The minimum atomic E-state index is -3.57. The van der Waals surface area contributed by atoms with Gasteiger partial charge < -0.3 is 9.64 Å². The molecule has 30 heavy (non-hydrogen) atoms. The highest BCUT2D eigenvalue weighted by Crippen LogP contribution is 2.21. The maximum absolute atomic E-state index is 12.5.